The molecule has 1 aliphatic heterocycles. The molecule has 0 radical (unpaired) electrons. The van der Waals surface area contributed by atoms with Gasteiger partial charge >= 0.3 is 17.8 Å². The molecule has 37 heavy (non-hydrogen) atoms. The van der Waals surface area contributed by atoms with Crippen LogP contribution < -0.4 is 11.2 Å². The van der Waals surface area contributed by atoms with E-state index < -0.39 is 46.6 Å². The quantitative estimate of drug-likeness (QED) is 0.663. The molecule has 1 saturated heterocycles. The van der Waals surface area contributed by atoms with E-state index in [2.05, 4.69) is 0 Å². The minimum Gasteiger partial charge on any atom is -0.477 e. The number of morpholine rings is 1. The Morgan fingerprint density at radius 3 is 2.38 bits per heavy atom. The molecule has 1 atom stereocenters. The fourth-order valence-corrected chi connectivity index (χ4v) is 6.00. The molecule has 2 aliphatic carbocycles. The first-order valence-electron chi connectivity index (χ1n) is 12.2. The highest BCUT2D eigenvalue weighted by Crippen LogP contribution is 2.41. The van der Waals surface area contributed by atoms with Gasteiger partial charge in [-0.1, -0.05) is 12.1 Å². The Kier molecular flexibility index (Phi) is 6.47. The summed E-state index contributed by atoms with van der Waals surface area (Å²) >= 11 is 0. The van der Waals surface area contributed by atoms with Gasteiger partial charge in [-0.15, -0.1) is 0 Å². The predicted molar refractivity (Wildman–Crippen MR) is 124 cm³/mol. The van der Waals surface area contributed by atoms with Gasteiger partial charge in [-0.25, -0.2) is 9.59 Å². The SMILES string of the molecule is O=C(O)c1cn(C2CCC(N3CCOCC3=O)CC2)c(=O)n([C@@H]2CCc3c2cccc3C(F)(F)F)c1=O. The number of aromatic carboxylic acids is 1. The van der Waals surface area contributed by atoms with Crippen LogP contribution in [-0.2, 0) is 22.1 Å². The standard InChI is InChI=1S/C25H26F3N3O6/c26-25(27,28)19-3-1-2-17-16(19)8-9-20(17)31-22(33)18(23(34)35)12-30(24(31)36)15-6-4-14(5-7-15)29-10-11-37-13-21(29)32/h1-3,12,14-15,20H,4-11,13H2,(H,34,35)/t14?,15?,20-/m1/s1. The van der Waals surface area contributed by atoms with Gasteiger partial charge in [-0.2, -0.15) is 13.2 Å². The number of aromatic nitrogens is 2. The van der Waals surface area contributed by atoms with Crippen LogP contribution in [0.3, 0.4) is 0 Å². The summed E-state index contributed by atoms with van der Waals surface area (Å²) in [6.07, 6.45) is -1.32. The molecular weight excluding hydrogens is 495 g/mol. The van der Waals surface area contributed by atoms with Crippen LogP contribution in [0.4, 0.5) is 13.2 Å². The van der Waals surface area contributed by atoms with E-state index in [1.54, 1.807) is 4.90 Å². The molecule has 1 aromatic carbocycles. The third-order valence-corrected chi connectivity index (χ3v) is 7.75. The maximum absolute atomic E-state index is 13.6. The van der Waals surface area contributed by atoms with Crippen molar-refractivity contribution in [3.05, 3.63) is 67.5 Å². The van der Waals surface area contributed by atoms with Crippen LogP contribution in [0.1, 0.15) is 71.2 Å². The molecule has 2 aromatic rings. The molecule has 1 N–H and O–H groups in total. The number of carboxylic acid groups (broad SMARTS) is 1. The number of hydrogen-bond acceptors (Lipinski definition) is 5. The molecule has 1 amide bonds. The van der Waals surface area contributed by atoms with E-state index in [-0.39, 0.29) is 42.5 Å². The second-order valence-electron chi connectivity index (χ2n) is 9.74. The zero-order valence-electron chi connectivity index (χ0n) is 19.9. The van der Waals surface area contributed by atoms with Crippen LogP contribution >= 0.6 is 0 Å². The first kappa shape index (κ1) is 25.2. The van der Waals surface area contributed by atoms with Gasteiger partial charge in [-0.05, 0) is 55.7 Å². The second kappa shape index (κ2) is 9.47. The highest BCUT2D eigenvalue weighted by molar-refractivity contribution is 5.86. The maximum Gasteiger partial charge on any atom is 0.416 e. The molecule has 3 aliphatic rings. The number of alkyl halides is 3. The summed E-state index contributed by atoms with van der Waals surface area (Å²) in [6.45, 7) is 0.978. The Morgan fingerprint density at radius 2 is 1.73 bits per heavy atom. The van der Waals surface area contributed by atoms with Gasteiger partial charge in [0.2, 0.25) is 5.91 Å². The first-order valence-corrected chi connectivity index (χ1v) is 12.2. The lowest BCUT2D eigenvalue weighted by molar-refractivity contribution is -0.146. The lowest BCUT2D eigenvalue weighted by Gasteiger charge is -2.39. The summed E-state index contributed by atoms with van der Waals surface area (Å²) in [5.74, 6) is -1.60. The van der Waals surface area contributed by atoms with Crippen LogP contribution in [0.2, 0.25) is 0 Å². The molecule has 2 heterocycles. The Labute approximate surface area is 209 Å². The fourth-order valence-electron chi connectivity index (χ4n) is 6.00. The normalized spacial score (nSPS) is 24.2. The van der Waals surface area contributed by atoms with Gasteiger partial charge in [0.1, 0.15) is 12.2 Å². The van der Waals surface area contributed by atoms with Gasteiger partial charge in [-0.3, -0.25) is 18.7 Å². The van der Waals surface area contributed by atoms with E-state index in [1.807, 2.05) is 0 Å². The van der Waals surface area contributed by atoms with Crippen LogP contribution in [0, 0.1) is 0 Å². The largest absolute Gasteiger partial charge is 0.477 e. The third-order valence-electron chi connectivity index (χ3n) is 7.75. The molecule has 1 aromatic heterocycles. The third kappa shape index (κ3) is 4.47. The van der Waals surface area contributed by atoms with Gasteiger partial charge in [0.05, 0.1) is 18.2 Å². The number of benzene rings is 1. The van der Waals surface area contributed by atoms with Crippen LogP contribution in [-0.4, -0.2) is 56.8 Å². The van der Waals surface area contributed by atoms with E-state index in [1.165, 1.54) is 16.7 Å². The Morgan fingerprint density at radius 1 is 1.03 bits per heavy atom. The second-order valence-corrected chi connectivity index (χ2v) is 9.74. The van der Waals surface area contributed by atoms with E-state index >= 15 is 0 Å². The molecule has 1 saturated carbocycles. The molecule has 198 valence electrons. The van der Waals surface area contributed by atoms with Crippen LogP contribution in [0.25, 0.3) is 0 Å². The van der Waals surface area contributed by atoms with Gasteiger partial charge < -0.3 is 14.7 Å². The number of ether oxygens (including phenoxy) is 1. The summed E-state index contributed by atoms with van der Waals surface area (Å²) in [5.41, 5.74) is -2.96. The summed E-state index contributed by atoms with van der Waals surface area (Å²) in [5, 5.41) is 9.70. The van der Waals surface area contributed by atoms with E-state index in [4.69, 9.17) is 4.74 Å². The molecule has 12 heteroatoms. The first-order chi connectivity index (χ1) is 17.6. The number of amides is 1. The molecule has 5 rings (SSSR count). The maximum atomic E-state index is 13.6. The Hall–Kier alpha value is -3.41. The average molecular weight is 521 g/mol. The number of hydrogen-bond donors (Lipinski definition) is 1. The van der Waals surface area contributed by atoms with Crippen molar-refractivity contribution in [2.45, 2.75) is 62.8 Å². The Bertz CT molecular complexity index is 1360. The number of carbonyl (C=O) groups is 2. The van der Waals surface area contributed by atoms with E-state index in [0.29, 0.717) is 38.8 Å². The highest BCUT2D eigenvalue weighted by Gasteiger charge is 2.39. The summed E-state index contributed by atoms with van der Waals surface area (Å²) in [4.78, 5) is 52.6. The van der Waals surface area contributed by atoms with Gasteiger partial charge in [0.25, 0.3) is 5.56 Å². The summed E-state index contributed by atoms with van der Waals surface area (Å²) in [6, 6.07) is 2.23. The van der Waals surface area contributed by atoms with Crippen molar-refractivity contribution >= 4 is 11.9 Å². The molecule has 0 spiro atoms. The number of carboxylic acids is 1. The summed E-state index contributed by atoms with van der Waals surface area (Å²) < 4.78 is 47.9. The van der Waals surface area contributed by atoms with Gasteiger partial charge in [0.15, 0.2) is 0 Å². The van der Waals surface area contributed by atoms with Crippen molar-refractivity contribution < 1.29 is 32.6 Å². The van der Waals surface area contributed by atoms with Crippen molar-refractivity contribution in [2.75, 3.05) is 19.8 Å². The fraction of sp³-hybridized carbons (Fsp3) is 0.520. The molecule has 0 bridgehead atoms. The van der Waals surface area contributed by atoms with Crippen molar-refractivity contribution in [1.82, 2.24) is 14.0 Å². The van der Waals surface area contributed by atoms with Gasteiger partial charge in [0, 0.05) is 24.8 Å². The minimum absolute atomic E-state index is 0.0115. The highest BCUT2D eigenvalue weighted by atomic mass is 19.4. The molecule has 0 unspecified atom stereocenters. The molecule has 2 fully saturated rings. The monoisotopic (exact) mass is 521 g/mol. The van der Waals surface area contributed by atoms with Crippen molar-refractivity contribution in [2.24, 2.45) is 0 Å². The summed E-state index contributed by atoms with van der Waals surface area (Å²) in [7, 11) is 0. The van der Waals surface area contributed by atoms with E-state index in [0.717, 1.165) is 16.8 Å². The van der Waals surface area contributed by atoms with E-state index in [9.17, 15) is 37.5 Å². The lowest BCUT2D eigenvalue weighted by Crippen LogP contribution is -2.50. The lowest BCUT2D eigenvalue weighted by atomic mass is 9.89. The van der Waals surface area contributed by atoms with Crippen molar-refractivity contribution in [3.8, 4) is 0 Å². The number of nitrogens with zero attached hydrogens (tertiary/aromatic N) is 3. The van der Waals surface area contributed by atoms with Crippen LogP contribution in [0.15, 0.2) is 34.0 Å². The number of halogens is 3. The zero-order chi connectivity index (χ0) is 26.5. The number of rotatable bonds is 4. The number of carbonyl (C=O) groups excluding carboxylic acids is 1. The molecular formula is C25H26F3N3O6. The minimum atomic E-state index is -4.59. The van der Waals surface area contributed by atoms with Crippen molar-refractivity contribution in [1.29, 1.82) is 0 Å². The smallest absolute Gasteiger partial charge is 0.416 e. The van der Waals surface area contributed by atoms with Crippen molar-refractivity contribution in [3.63, 3.8) is 0 Å². The average Bonchev–Trinajstić information content (AvgIpc) is 3.28. The Balaban J connectivity index is 1.51. The number of fused-ring (bicyclic) bond motifs is 1. The zero-order valence-corrected chi connectivity index (χ0v) is 19.9. The van der Waals surface area contributed by atoms with Crippen LogP contribution in [0.5, 0.6) is 0 Å². The molecule has 9 nitrogen and oxygen atoms in total. The topological polar surface area (TPSA) is 111 Å². The predicted octanol–water partition coefficient (Wildman–Crippen LogP) is 2.61.